The molecular formula is C20H22N2O6. The molecule has 0 aliphatic carbocycles. The van der Waals surface area contributed by atoms with E-state index in [2.05, 4.69) is 5.32 Å². The third-order valence-electron chi connectivity index (χ3n) is 3.66. The van der Waals surface area contributed by atoms with E-state index in [1.165, 1.54) is 31.2 Å². The van der Waals surface area contributed by atoms with Gasteiger partial charge in [-0.1, -0.05) is 32.0 Å². The van der Waals surface area contributed by atoms with Crippen molar-refractivity contribution in [1.29, 1.82) is 0 Å². The highest BCUT2D eigenvalue weighted by atomic mass is 16.6. The molecule has 1 atom stereocenters. The smallest absolute Gasteiger partial charge is 0.339 e. The number of anilines is 1. The number of benzene rings is 2. The van der Waals surface area contributed by atoms with Crippen molar-refractivity contribution in [2.75, 3.05) is 11.9 Å². The first-order valence-corrected chi connectivity index (χ1v) is 8.76. The lowest BCUT2D eigenvalue weighted by atomic mass is 10.2. The van der Waals surface area contributed by atoms with Crippen molar-refractivity contribution in [3.63, 3.8) is 0 Å². The number of nitro benzene ring substituents is 1. The maximum Gasteiger partial charge on any atom is 0.339 e. The third kappa shape index (κ3) is 5.80. The van der Waals surface area contributed by atoms with E-state index < -0.39 is 22.9 Å². The number of esters is 1. The topological polar surface area (TPSA) is 108 Å². The van der Waals surface area contributed by atoms with E-state index in [0.717, 1.165) is 0 Å². The van der Waals surface area contributed by atoms with Gasteiger partial charge in [0, 0.05) is 6.07 Å². The minimum atomic E-state index is -1.15. The first-order chi connectivity index (χ1) is 13.3. The minimum Gasteiger partial charge on any atom is -0.493 e. The van der Waals surface area contributed by atoms with Gasteiger partial charge >= 0.3 is 5.97 Å². The van der Waals surface area contributed by atoms with Crippen LogP contribution in [0.25, 0.3) is 0 Å². The predicted molar refractivity (Wildman–Crippen MR) is 103 cm³/mol. The largest absolute Gasteiger partial charge is 0.493 e. The Balaban J connectivity index is 2.01. The van der Waals surface area contributed by atoms with E-state index in [1.54, 1.807) is 24.3 Å². The van der Waals surface area contributed by atoms with Gasteiger partial charge in [-0.3, -0.25) is 14.9 Å². The molecule has 2 aromatic carbocycles. The van der Waals surface area contributed by atoms with Crippen LogP contribution in [0.5, 0.6) is 5.75 Å². The molecule has 28 heavy (non-hydrogen) atoms. The normalized spacial score (nSPS) is 11.6. The average Bonchev–Trinajstić information content (AvgIpc) is 2.66. The second-order valence-electron chi connectivity index (χ2n) is 6.54. The van der Waals surface area contributed by atoms with Crippen LogP contribution in [-0.2, 0) is 9.53 Å². The molecule has 0 spiro atoms. The van der Waals surface area contributed by atoms with Gasteiger partial charge in [-0.15, -0.1) is 0 Å². The number of hydrogen-bond acceptors (Lipinski definition) is 6. The SMILES string of the molecule is CC(C)COc1cccc(C(=O)O[C@@H](C)C(=O)Nc2ccccc2[N+](=O)[O-])c1. The van der Waals surface area contributed by atoms with Crippen LogP contribution >= 0.6 is 0 Å². The van der Waals surface area contributed by atoms with Crippen molar-refractivity contribution in [3.8, 4) is 5.75 Å². The molecule has 0 fully saturated rings. The summed E-state index contributed by atoms with van der Waals surface area (Å²) in [7, 11) is 0. The van der Waals surface area contributed by atoms with E-state index in [4.69, 9.17) is 9.47 Å². The lowest BCUT2D eigenvalue weighted by Gasteiger charge is -2.14. The number of para-hydroxylation sites is 2. The van der Waals surface area contributed by atoms with Crippen molar-refractivity contribution in [2.24, 2.45) is 5.92 Å². The zero-order chi connectivity index (χ0) is 20.7. The summed E-state index contributed by atoms with van der Waals surface area (Å²) in [6, 6.07) is 12.2. The molecule has 2 rings (SSSR count). The third-order valence-corrected chi connectivity index (χ3v) is 3.66. The number of carbonyl (C=O) groups is 2. The van der Waals surface area contributed by atoms with Crippen LogP contribution in [0.2, 0.25) is 0 Å². The summed E-state index contributed by atoms with van der Waals surface area (Å²) >= 11 is 0. The Kier molecular flexibility index (Phi) is 7.08. The van der Waals surface area contributed by atoms with Gasteiger partial charge in [-0.05, 0) is 37.1 Å². The molecule has 0 radical (unpaired) electrons. The Morgan fingerprint density at radius 3 is 2.50 bits per heavy atom. The first-order valence-electron chi connectivity index (χ1n) is 8.76. The highest BCUT2D eigenvalue weighted by Crippen LogP contribution is 2.23. The number of rotatable bonds is 8. The van der Waals surface area contributed by atoms with Gasteiger partial charge < -0.3 is 14.8 Å². The lowest BCUT2D eigenvalue weighted by molar-refractivity contribution is -0.383. The number of ether oxygens (including phenoxy) is 2. The highest BCUT2D eigenvalue weighted by molar-refractivity contribution is 5.98. The van der Waals surface area contributed by atoms with Gasteiger partial charge in [-0.25, -0.2) is 4.79 Å². The molecule has 0 heterocycles. The number of nitrogens with zero attached hydrogens (tertiary/aromatic N) is 1. The number of nitro groups is 1. The fraction of sp³-hybridized carbons (Fsp3) is 0.300. The monoisotopic (exact) mass is 386 g/mol. The van der Waals surface area contributed by atoms with Gasteiger partial charge in [0.1, 0.15) is 11.4 Å². The van der Waals surface area contributed by atoms with Crippen LogP contribution in [0.15, 0.2) is 48.5 Å². The zero-order valence-electron chi connectivity index (χ0n) is 15.9. The van der Waals surface area contributed by atoms with Gasteiger partial charge in [0.15, 0.2) is 6.10 Å². The van der Waals surface area contributed by atoms with Crippen LogP contribution in [-0.4, -0.2) is 29.5 Å². The van der Waals surface area contributed by atoms with Crippen LogP contribution in [0, 0.1) is 16.0 Å². The Morgan fingerprint density at radius 2 is 1.82 bits per heavy atom. The number of carbonyl (C=O) groups excluding carboxylic acids is 2. The van der Waals surface area contributed by atoms with E-state index in [9.17, 15) is 19.7 Å². The molecule has 1 N–H and O–H groups in total. The highest BCUT2D eigenvalue weighted by Gasteiger charge is 2.22. The molecule has 8 heteroatoms. The molecule has 1 amide bonds. The van der Waals surface area contributed by atoms with Crippen LogP contribution < -0.4 is 10.1 Å². The molecule has 2 aromatic rings. The summed E-state index contributed by atoms with van der Waals surface area (Å²) in [6.07, 6.45) is -1.15. The van der Waals surface area contributed by atoms with Gasteiger partial charge in [0.05, 0.1) is 17.1 Å². The number of hydrogen-bond donors (Lipinski definition) is 1. The van der Waals surface area contributed by atoms with Crippen LogP contribution in [0.1, 0.15) is 31.1 Å². The molecule has 8 nitrogen and oxygen atoms in total. The van der Waals surface area contributed by atoms with Gasteiger partial charge in [0.25, 0.3) is 11.6 Å². The maximum atomic E-state index is 12.3. The fourth-order valence-corrected chi connectivity index (χ4v) is 2.23. The van der Waals surface area contributed by atoms with Crippen molar-refractivity contribution in [3.05, 3.63) is 64.2 Å². The van der Waals surface area contributed by atoms with Gasteiger partial charge in [0.2, 0.25) is 0 Å². The van der Waals surface area contributed by atoms with E-state index >= 15 is 0 Å². The van der Waals surface area contributed by atoms with E-state index in [1.807, 2.05) is 13.8 Å². The Hall–Kier alpha value is -3.42. The molecule has 148 valence electrons. The Labute approximate surface area is 162 Å². The second kappa shape index (κ2) is 9.50. The molecule has 0 saturated heterocycles. The van der Waals surface area contributed by atoms with Crippen molar-refractivity contribution in [1.82, 2.24) is 0 Å². The molecule has 0 aromatic heterocycles. The molecule has 0 aliphatic heterocycles. The minimum absolute atomic E-state index is 0.0319. The molecular weight excluding hydrogens is 364 g/mol. The predicted octanol–water partition coefficient (Wildman–Crippen LogP) is 3.81. The Bertz CT molecular complexity index is 865. The number of nitrogens with one attached hydrogen (secondary N) is 1. The van der Waals surface area contributed by atoms with Crippen LogP contribution in [0.4, 0.5) is 11.4 Å². The summed E-state index contributed by atoms with van der Waals surface area (Å²) in [4.78, 5) is 35.0. The first kappa shape index (κ1) is 20.9. The van der Waals surface area contributed by atoms with Gasteiger partial charge in [-0.2, -0.15) is 0 Å². The summed E-state index contributed by atoms with van der Waals surface area (Å²) in [6.45, 7) is 5.92. The summed E-state index contributed by atoms with van der Waals surface area (Å²) in [5.41, 5.74) is 0.0282. The van der Waals surface area contributed by atoms with E-state index in [0.29, 0.717) is 18.3 Å². The summed E-state index contributed by atoms with van der Waals surface area (Å²) < 4.78 is 10.7. The van der Waals surface area contributed by atoms with Crippen molar-refractivity contribution < 1.29 is 24.0 Å². The molecule has 0 unspecified atom stereocenters. The lowest BCUT2D eigenvalue weighted by Crippen LogP contribution is -2.30. The zero-order valence-corrected chi connectivity index (χ0v) is 15.9. The second-order valence-corrected chi connectivity index (χ2v) is 6.54. The van der Waals surface area contributed by atoms with E-state index in [-0.39, 0.29) is 16.9 Å². The summed E-state index contributed by atoms with van der Waals surface area (Å²) in [5.74, 6) is -0.503. The quantitative estimate of drug-likeness (QED) is 0.420. The average molecular weight is 386 g/mol. The summed E-state index contributed by atoms with van der Waals surface area (Å²) in [5, 5.41) is 13.4. The van der Waals surface area contributed by atoms with Crippen molar-refractivity contribution in [2.45, 2.75) is 26.9 Å². The fourth-order valence-electron chi connectivity index (χ4n) is 2.23. The maximum absolute atomic E-state index is 12.3. The van der Waals surface area contributed by atoms with Crippen LogP contribution in [0.3, 0.4) is 0 Å². The molecule has 0 saturated carbocycles. The molecule has 0 bridgehead atoms. The van der Waals surface area contributed by atoms with Crippen molar-refractivity contribution >= 4 is 23.3 Å². The Morgan fingerprint density at radius 1 is 1.11 bits per heavy atom. The number of amides is 1. The molecule has 0 aliphatic rings. The standard InChI is InChI=1S/C20H22N2O6/c1-13(2)12-27-16-8-6-7-15(11-16)20(24)28-14(3)19(23)21-17-9-4-5-10-18(17)22(25)26/h4-11,13-14H,12H2,1-3H3,(H,21,23)/t14-/m0/s1.